The van der Waals surface area contributed by atoms with Crippen molar-refractivity contribution >= 4 is 22.9 Å². The molecule has 0 fully saturated rings. The molecule has 5 aromatic rings. The van der Waals surface area contributed by atoms with Crippen LogP contribution in [-0.4, -0.2) is 15.3 Å². The lowest BCUT2D eigenvalue weighted by molar-refractivity contribution is 0.0947. The van der Waals surface area contributed by atoms with Crippen LogP contribution in [0.5, 0.6) is 0 Å². The number of nitrogens with zero attached hydrogens (tertiary/aromatic N) is 3. The second-order valence-corrected chi connectivity index (χ2v) is 8.22. The lowest BCUT2D eigenvalue weighted by Gasteiger charge is -2.10. The van der Waals surface area contributed by atoms with Crippen molar-refractivity contribution in [1.29, 1.82) is 5.26 Å². The van der Waals surface area contributed by atoms with Crippen LogP contribution in [0.15, 0.2) is 96.6 Å². The van der Waals surface area contributed by atoms with E-state index in [2.05, 4.69) is 29.6 Å². The van der Waals surface area contributed by atoms with Gasteiger partial charge >= 0.3 is 0 Å². The number of carbonyl (C=O) groups excluding carboxylic acids is 1. The third-order valence-corrected chi connectivity index (χ3v) is 6.18. The summed E-state index contributed by atoms with van der Waals surface area (Å²) in [6, 6.07) is 27.0. The summed E-state index contributed by atoms with van der Waals surface area (Å²) in [6.07, 6.45) is 3.80. The summed E-state index contributed by atoms with van der Waals surface area (Å²) in [6.45, 7) is 0. The molecule has 6 heteroatoms. The van der Waals surface area contributed by atoms with Gasteiger partial charge in [0.15, 0.2) is 6.04 Å². The van der Waals surface area contributed by atoms with Gasteiger partial charge in [-0.25, -0.2) is 4.98 Å². The summed E-state index contributed by atoms with van der Waals surface area (Å²) in [5.74, 6) is -0.330. The predicted molar refractivity (Wildman–Crippen MR) is 126 cm³/mol. The molecule has 1 unspecified atom stereocenters. The summed E-state index contributed by atoms with van der Waals surface area (Å²) in [5.41, 5.74) is 4.91. The Morgan fingerprint density at radius 1 is 0.969 bits per heavy atom. The van der Waals surface area contributed by atoms with Crippen molar-refractivity contribution in [1.82, 2.24) is 14.7 Å². The maximum atomic E-state index is 13.0. The van der Waals surface area contributed by atoms with E-state index < -0.39 is 6.04 Å². The summed E-state index contributed by atoms with van der Waals surface area (Å²) < 4.78 is 1.85. The van der Waals surface area contributed by atoms with Crippen LogP contribution < -0.4 is 5.32 Å². The van der Waals surface area contributed by atoms with Crippen molar-refractivity contribution in [3.8, 4) is 28.5 Å². The van der Waals surface area contributed by atoms with Gasteiger partial charge in [0.2, 0.25) is 0 Å². The molecule has 2 aromatic carbocycles. The quantitative estimate of drug-likeness (QED) is 0.384. The number of thiophene rings is 1. The number of nitriles is 1. The van der Waals surface area contributed by atoms with E-state index in [9.17, 15) is 10.1 Å². The second-order valence-electron chi connectivity index (χ2n) is 7.24. The van der Waals surface area contributed by atoms with Crippen LogP contribution in [-0.2, 0) is 0 Å². The zero-order valence-electron chi connectivity index (χ0n) is 17.0. The fourth-order valence-corrected chi connectivity index (χ4v) is 4.45. The van der Waals surface area contributed by atoms with Crippen LogP contribution in [0.25, 0.3) is 28.0 Å². The number of amides is 1. The first-order valence-electron chi connectivity index (χ1n) is 10.1. The van der Waals surface area contributed by atoms with E-state index in [-0.39, 0.29) is 5.91 Å². The van der Waals surface area contributed by atoms with Gasteiger partial charge < -0.3 is 9.72 Å². The largest absolute Gasteiger partial charge is 0.332 e. The van der Waals surface area contributed by atoms with Gasteiger partial charge in [0.05, 0.1) is 17.3 Å². The molecule has 0 bridgehead atoms. The molecule has 3 aromatic heterocycles. The van der Waals surface area contributed by atoms with Gasteiger partial charge in [-0.2, -0.15) is 5.26 Å². The number of imidazole rings is 1. The highest BCUT2D eigenvalue weighted by atomic mass is 32.1. The minimum absolute atomic E-state index is 0.330. The van der Waals surface area contributed by atoms with Gasteiger partial charge in [-0.05, 0) is 34.7 Å². The Bertz CT molecular complexity index is 1430. The summed E-state index contributed by atoms with van der Waals surface area (Å²) in [7, 11) is 0. The molecule has 1 atom stereocenters. The summed E-state index contributed by atoms with van der Waals surface area (Å²) in [4.78, 5) is 18.7. The zero-order valence-corrected chi connectivity index (χ0v) is 17.8. The van der Waals surface area contributed by atoms with Crippen molar-refractivity contribution in [2.45, 2.75) is 6.04 Å². The van der Waals surface area contributed by atoms with E-state index in [0.29, 0.717) is 11.2 Å². The van der Waals surface area contributed by atoms with Gasteiger partial charge in [-0.1, -0.05) is 60.7 Å². The molecule has 0 aliphatic rings. The minimum Gasteiger partial charge on any atom is -0.332 e. The van der Waals surface area contributed by atoms with Gasteiger partial charge in [-0.3, -0.25) is 4.79 Å². The van der Waals surface area contributed by atoms with Gasteiger partial charge in [0.25, 0.3) is 5.91 Å². The Kier molecular flexibility index (Phi) is 5.24. The third kappa shape index (κ3) is 3.66. The number of hydrogen-bond donors (Lipinski definition) is 1. The van der Waals surface area contributed by atoms with Gasteiger partial charge in [0.1, 0.15) is 5.65 Å². The van der Waals surface area contributed by atoms with Crippen molar-refractivity contribution in [2.24, 2.45) is 0 Å². The van der Waals surface area contributed by atoms with E-state index in [4.69, 9.17) is 4.98 Å². The van der Waals surface area contributed by atoms with Crippen LogP contribution >= 0.6 is 11.3 Å². The van der Waals surface area contributed by atoms with Crippen LogP contribution in [0, 0.1) is 11.3 Å². The number of fused-ring (bicyclic) bond motifs is 1. The van der Waals surface area contributed by atoms with Gasteiger partial charge in [-0.15, -0.1) is 11.3 Å². The number of pyridine rings is 1. The van der Waals surface area contributed by atoms with Crippen LogP contribution in [0.1, 0.15) is 21.3 Å². The van der Waals surface area contributed by atoms with Crippen LogP contribution in [0.3, 0.4) is 0 Å². The van der Waals surface area contributed by atoms with Crippen molar-refractivity contribution in [3.05, 3.63) is 107 Å². The monoisotopic (exact) mass is 434 g/mol. The Morgan fingerprint density at radius 2 is 1.75 bits per heavy atom. The first-order valence-corrected chi connectivity index (χ1v) is 11.0. The molecule has 1 amide bonds. The van der Waals surface area contributed by atoms with Gasteiger partial charge in [0, 0.05) is 22.8 Å². The fraction of sp³-hybridized carbons (Fsp3) is 0.0385. The third-order valence-electron chi connectivity index (χ3n) is 5.25. The molecule has 32 heavy (non-hydrogen) atoms. The molecular weight excluding hydrogens is 416 g/mol. The SMILES string of the molecule is N#CC(NC(=O)c1cccn2cc(-c3ccccc3-c3ccccc3)nc12)c1cccs1. The molecular formula is C26H18N4OS. The Balaban J connectivity index is 1.54. The number of carbonyl (C=O) groups is 1. The Morgan fingerprint density at radius 3 is 2.50 bits per heavy atom. The molecule has 0 spiro atoms. The minimum atomic E-state index is -0.698. The normalized spacial score (nSPS) is 11.7. The van der Waals surface area contributed by atoms with E-state index in [1.807, 2.05) is 76.8 Å². The number of rotatable bonds is 5. The lowest BCUT2D eigenvalue weighted by Crippen LogP contribution is -2.27. The van der Waals surface area contributed by atoms with E-state index in [0.717, 1.165) is 27.3 Å². The first-order chi connectivity index (χ1) is 15.7. The maximum Gasteiger partial charge on any atom is 0.256 e. The molecule has 0 aliphatic heterocycles. The number of hydrogen-bond acceptors (Lipinski definition) is 4. The molecule has 0 saturated heterocycles. The number of aromatic nitrogens is 2. The molecule has 5 nitrogen and oxygen atoms in total. The second kappa shape index (κ2) is 8.50. The van der Waals surface area contributed by atoms with Crippen molar-refractivity contribution in [2.75, 3.05) is 0 Å². The Labute approximate surface area is 189 Å². The zero-order chi connectivity index (χ0) is 21.9. The maximum absolute atomic E-state index is 13.0. The van der Waals surface area contributed by atoms with Crippen molar-refractivity contribution in [3.63, 3.8) is 0 Å². The van der Waals surface area contributed by atoms with Crippen molar-refractivity contribution < 1.29 is 4.79 Å². The highest BCUT2D eigenvalue weighted by Crippen LogP contribution is 2.32. The lowest BCUT2D eigenvalue weighted by atomic mass is 9.98. The molecule has 0 saturated carbocycles. The average molecular weight is 435 g/mol. The molecule has 1 N–H and O–H groups in total. The van der Waals surface area contributed by atoms with E-state index in [1.54, 1.807) is 6.07 Å². The summed E-state index contributed by atoms with van der Waals surface area (Å²) in [5, 5.41) is 14.2. The highest BCUT2D eigenvalue weighted by Gasteiger charge is 2.20. The fourth-order valence-electron chi connectivity index (χ4n) is 3.73. The topological polar surface area (TPSA) is 70.2 Å². The molecule has 0 radical (unpaired) electrons. The predicted octanol–water partition coefficient (Wildman–Crippen LogP) is 5.72. The van der Waals surface area contributed by atoms with E-state index in [1.165, 1.54) is 11.3 Å². The number of nitrogens with one attached hydrogen (secondary N) is 1. The first kappa shape index (κ1) is 19.7. The molecule has 3 heterocycles. The Hall–Kier alpha value is -4.21. The average Bonchev–Trinajstić information content (AvgIpc) is 3.53. The standard InChI is InChI=1S/C26H18N4OS/c27-16-22(24-13-7-15-32-24)29-26(31)21-12-6-14-30-17-23(28-25(21)30)20-11-5-4-10-19(20)18-8-2-1-3-9-18/h1-15,17,22H,(H,29,31). The molecule has 5 rings (SSSR count). The van der Waals surface area contributed by atoms with Crippen LogP contribution in [0.4, 0.5) is 0 Å². The van der Waals surface area contributed by atoms with Crippen LogP contribution in [0.2, 0.25) is 0 Å². The molecule has 0 aliphatic carbocycles. The highest BCUT2D eigenvalue weighted by molar-refractivity contribution is 7.10. The smallest absolute Gasteiger partial charge is 0.256 e. The number of benzene rings is 2. The summed E-state index contributed by atoms with van der Waals surface area (Å²) >= 11 is 1.44. The molecule has 154 valence electrons. The van der Waals surface area contributed by atoms with E-state index >= 15 is 0 Å².